The van der Waals surface area contributed by atoms with Gasteiger partial charge >= 0.3 is 10.2 Å². The maximum Gasteiger partial charge on any atom is 0.301 e. The summed E-state index contributed by atoms with van der Waals surface area (Å²) in [5.74, 6) is 0. The molecule has 1 aromatic rings. The molecule has 1 unspecified atom stereocenters. The van der Waals surface area contributed by atoms with Crippen molar-refractivity contribution in [2.75, 3.05) is 30.9 Å². The van der Waals surface area contributed by atoms with Crippen LogP contribution in [0.5, 0.6) is 0 Å². The molecule has 19 heavy (non-hydrogen) atoms. The summed E-state index contributed by atoms with van der Waals surface area (Å²) in [6.45, 7) is 3.81. The van der Waals surface area contributed by atoms with Gasteiger partial charge in [0.25, 0.3) is 0 Å². The summed E-state index contributed by atoms with van der Waals surface area (Å²) in [6, 6.07) is 6.87. The Bertz CT molecular complexity index is 525. The Labute approximate surface area is 113 Å². The van der Waals surface area contributed by atoms with Crippen molar-refractivity contribution in [3.63, 3.8) is 0 Å². The first-order valence-electron chi connectivity index (χ1n) is 6.26. The van der Waals surface area contributed by atoms with Crippen LogP contribution in [-0.2, 0) is 10.2 Å². The topological polar surface area (TPSA) is 81.7 Å². The van der Waals surface area contributed by atoms with E-state index in [0.29, 0.717) is 37.4 Å². The van der Waals surface area contributed by atoms with E-state index in [9.17, 15) is 13.5 Å². The molecule has 0 aliphatic carbocycles. The van der Waals surface area contributed by atoms with Crippen LogP contribution < -0.4 is 10.0 Å². The number of benzene rings is 1. The van der Waals surface area contributed by atoms with Gasteiger partial charge < -0.3 is 10.4 Å². The Balaban J connectivity index is 2.20. The highest BCUT2D eigenvalue weighted by Crippen LogP contribution is 2.23. The van der Waals surface area contributed by atoms with Gasteiger partial charge in [0.2, 0.25) is 0 Å². The Hall–Kier alpha value is -1.15. The lowest BCUT2D eigenvalue weighted by Gasteiger charge is -2.27. The van der Waals surface area contributed by atoms with Crippen LogP contribution >= 0.6 is 0 Å². The van der Waals surface area contributed by atoms with E-state index in [0.717, 1.165) is 0 Å². The second kappa shape index (κ2) is 5.87. The molecule has 3 N–H and O–H groups in total. The van der Waals surface area contributed by atoms with E-state index in [1.165, 1.54) is 4.31 Å². The maximum absolute atomic E-state index is 12.2. The molecule has 0 saturated carbocycles. The van der Waals surface area contributed by atoms with Gasteiger partial charge in [-0.05, 0) is 13.0 Å². The van der Waals surface area contributed by atoms with Crippen molar-refractivity contribution < 1.29 is 13.5 Å². The molecule has 1 saturated heterocycles. The van der Waals surface area contributed by atoms with Crippen LogP contribution in [0, 0.1) is 0 Å². The van der Waals surface area contributed by atoms with Crippen molar-refractivity contribution in [2.45, 2.75) is 13.0 Å². The third-order valence-electron chi connectivity index (χ3n) is 3.07. The fraction of sp³-hybridized carbons (Fsp3) is 0.500. The van der Waals surface area contributed by atoms with Crippen LogP contribution in [-0.4, -0.2) is 44.0 Å². The normalized spacial score (nSPS) is 19.1. The van der Waals surface area contributed by atoms with E-state index in [1.807, 2.05) is 0 Å². The molecule has 1 aromatic carbocycles. The molecule has 1 heterocycles. The zero-order valence-corrected chi connectivity index (χ0v) is 11.7. The van der Waals surface area contributed by atoms with Crippen molar-refractivity contribution in [1.29, 1.82) is 0 Å². The Kier molecular flexibility index (Phi) is 4.41. The molecule has 1 atom stereocenters. The van der Waals surface area contributed by atoms with E-state index in [1.54, 1.807) is 31.2 Å². The van der Waals surface area contributed by atoms with E-state index >= 15 is 0 Å². The van der Waals surface area contributed by atoms with Crippen molar-refractivity contribution in [2.24, 2.45) is 0 Å². The first kappa shape index (κ1) is 14.3. The standard InChI is InChI=1S/C12H19N3O3S/c1-10(16)11-4-2-3-5-12(11)14-19(17,18)15-8-6-13-7-9-15/h2-5,10,13-14,16H,6-9H2,1H3. The first-order chi connectivity index (χ1) is 9.00. The highest BCUT2D eigenvalue weighted by molar-refractivity contribution is 7.90. The van der Waals surface area contributed by atoms with Crippen LogP contribution in [0.3, 0.4) is 0 Å². The number of hydrogen-bond donors (Lipinski definition) is 3. The molecular formula is C12H19N3O3S. The number of aliphatic hydroxyl groups is 1. The van der Waals surface area contributed by atoms with Crippen LogP contribution in [0.2, 0.25) is 0 Å². The minimum atomic E-state index is -3.56. The predicted octanol–water partition coefficient (Wildman–Crippen LogP) is 0.302. The van der Waals surface area contributed by atoms with Gasteiger partial charge in [0, 0.05) is 31.7 Å². The molecule has 0 amide bonds. The summed E-state index contributed by atoms with van der Waals surface area (Å²) < 4.78 is 28.4. The lowest BCUT2D eigenvalue weighted by atomic mass is 10.1. The zero-order chi connectivity index (χ0) is 13.9. The van der Waals surface area contributed by atoms with Crippen LogP contribution in [0.4, 0.5) is 5.69 Å². The van der Waals surface area contributed by atoms with Gasteiger partial charge in [-0.3, -0.25) is 4.72 Å². The van der Waals surface area contributed by atoms with E-state index in [-0.39, 0.29) is 0 Å². The summed E-state index contributed by atoms with van der Waals surface area (Å²) in [5, 5.41) is 12.8. The predicted molar refractivity (Wildman–Crippen MR) is 74.1 cm³/mol. The van der Waals surface area contributed by atoms with Gasteiger partial charge in [-0.1, -0.05) is 18.2 Å². The molecule has 2 rings (SSSR count). The molecule has 0 radical (unpaired) electrons. The Morgan fingerprint density at radius 1 is 1.32 bits per heavy atom. The third-order valence-corrected chi connectivity index (χ3v) is 4.59. The van der Waals surface area contributed by atoms with Crippen LogP contribution in [0.1, 0.15) is 18.6 Å². The summed E-state index contributed by atoms with van der Waals surface area (Å²) in [7, 11) is -3.56. The Morgan fingerprint density at radius 2 is 1.95 bits per heavy atom. The molecule has 0 spiro atoms. The summed E-state index contributed by atoms with van der Waals surface area (Å²) in [6.07, 6.45) is -0.720. The molecule has 0 bridgehead atoms. The molecule has 7 heteroatoms. The van der Waals surface area contributed by atoms with Gasteiger partial charge in [-0.15, -0.1) is 0 Å². The van der Waals surface area contributed by atoms with Gasteiger partial charge in [0.15, 0.2) is 0 Å². The van der Waals surface area contributed by atoms with Crippen LogP contribution in [0.25, 0.3) is 0 Å². The number of hydrogen-bond acceptors (Lipinski definition) is 4. The molecule has 6 nitrogen and oxygen atoms in total. The van der Waals surface area contributed by atoms with E-state index in [2.05, 4.69) is 10.0 Å². The lowest BCUT2D eigenvalue weighted by molar-refractivity contribution is 0.200. The maximum atomic E-state index is 12.2. The quantitative estimate of drug-likeness (QED) is 0.743. The second-order valence-electron chi connectivity index (χ2n) is 4.52. The smallest absolute Gasteiger partial charge is 0.301 e. The lowest BCUT2D eigenvalue weighted by Crippen LogP contribution is -2.48. The fourth-order valence-electron chi connectivity index (χ4n) is 2.04. The summed E-state index contributed by atoms with van der Waals surface area (Å²) in [5.41, 5.74) is 0.997. The number of nitrogens with zero attached hydrogens (tertiary/aromatic N) is 1. The fourth-order valence-corrected chi connectivity index (χ4v) is 3.30. The highest BCUT2D eigenvalue weighted by Gasteiger charge is 2.24. The molecule has 1 aliphatic heterocycles. The largest absolute Gasteiger partial charge is 0.389 e. The number of piperazine rings is 1. The SMILES string of the molecule is CC(O)c1ccccc1NS(=O)(=O)N1CCNCC1. The van der Waals surface area contributed by atoms with Crippen molar-refractivity contribution in [1.82, 2.24) is 9.62 Å². The average Bonchev–Trinajstić information content (AvgIpc) is 2.39. The van der Waals surface area contributed by atoms with Crippen LogP contribution in [0.15, 0.2) is 24.3 Å². The highest BCUT2D eigenvalue weighted by atomic mass is 32.2. The monoisotopic (exact) mass is 285 g/mol. The number of rotatable bonds is 4. The summed E-state index contributed by atoms with van der Waals surface area (Å²) in [4.78, 5) is 0. The number of aliphatic hydroxyl groups excluding tert-OH is 1. The van der Waals surface area contributed by atoms with Gasteiger partial charge in [0.1, 0.15) is 0 Å². The molecule has 1 aliphatic rings. The number of anilines is 1. The van der Waals surface area contributed by atoms with Gasteiger partial charge in [-0.2, -0.15) is 12.7 Å². The number of para-hydroxylation sites is 1. The molecule has 106 valence electrons. The van der Waals surface area contributed by atoms with Crippen molar-refractivity contribution in [3.8, 4) is 0 Å². The molecular weight excluding hydrogens is 266 g/mol. The third kappa shape index (κ3) is 3.44. The minimum absolute atomic E-state index is 0.427. The Morgan fingerprint density at radius 3 is 2.58 bits per heavy atom. The average molecular weight is 285 g/mol. The van der Waals surface area contributed by atoms with Crippen molar-refractivity contribution >= 4 is 15.9 Å². The van der Waals surface area contributed by atoms with E-state index in [4.69, 9.17) is 0 Å². The van der Waals surface area contributed by atoms with Crippen molar-refractivity contribution in [3.05, 3.63) is 29.8 Å². The molecule has 1 fully saturated rings. The zero-order valence-electron chi connectivity index (χ0n) is 10.8. The van der Waals surface area contributed by atoms with Gasteiger partial charge in [0.05, 0.1) is 11.8 Å². The van der Waals surface area contributed by atoms with E-state index < -0.39 is 16.3 Å². The summed E-state index contributed by atoms with van der Waals surface area (Å²) >= 11 is 0. The second-order valence-corrected chi connectivity index (χ2v) is 6.19. The molecule has 0 aromatic heterocycles. The minimum Gasteiger partial charge on any atom is -0.389 e. The first-order valence-corrected chi connectivity index (χ1v) is 7.70. The number of nitrogens with one attached hydrogen (secondary N) is 2. The van der Waals surface area contributed by atoms with Gasteiger partial charge in [-0.25, -0.2) is 0 Å².